The summed E-state index contributed by atoms with van der Waals surface area (Å²) in [6.07, 6.45) is -1.36. The van der Waals surface area contributed by atoms with Crippen molar-refractivity contribution in [2.24, 2.45) is 0 Å². The van der Waals surface area contributed by atoms with Gasteiger partial charge in [-0.1, -0.05) is 15.9 Å². The van der Waals surface area contributed by atoms with Gasteiger partial charge in [0.05, 0.1) is 11.0 Å². The molecule has 1 rings (SSSR count). The number of hydrogen-bond donors (Lipinski definition) is 3. The number of benzene rings is 1. The zero-order chi connectivity index (χ0) is 14.8. The largest absolute Gasteiger partial charge is 0.480 e. The fourth-order valence-electron chi connectivity index (χ4n) is 1.28. The molecule has 0 radical (unpaired) electrons. The number of sulfonamides is 1. The van der Waals surface area contributed by atoms with Crippen molar-refractivity contribution in [3.05, 3.63) is 27.1 Å². The fraction of sp³-hybridized carbons (Fsp3) is 0.300. The molecule has 19 heavy (non-hydrogen) atoms. The summed E-state index contributed by atoms with van der Waals surface area (Å²) in [4.78, 5) is 10.8. The van der Waals surface area contributed by atoms with Crippen LogP contribution >= 0.6 is 31.9 Å². The number of hydrogen-bond acceptors (Lipinski definition) is 4. The highest BCUT2D eigenvalue weighted by Gasteiger charge is 2.30. The van der Waals surface area contributed by atoms with Crippen LogP contribution in [0.3, 0.4) is 0 Å². The van der Waals surface area contributed by atoms with Crippen molar-refractivity contribution >= 4 is 47.9 Å². The summed E-state index contributed by atoms with van der Waals surface area (Å²) in [5, 5.41) is 18.1. The van der Waals surface area contributed by atoms with Crippen LogP contribution in [0.2, 0.25) is 0 Å². The van der Waals surface area contributed by atoms with Gasteiger partial charge < -0.3 is 10.2 Å². The summed E-state index contributed by atoms with van der Waals surface area (Å²) < 4.78 is 27.0. The third kappa shape index (κ3) is 4.25. The van der Waals surface area contributed by atoms with E-state index in [-0.39, 0.29) is 9.37 Å². The molecular formula is C10H11Br2NO5S. The average molecular weight is 417 g/mol. The normalized spacial score (nSPS) is 14.9. The standard InChI is InChI=1S/C10H11Br2NO5S/c1-5(14)9(10(15)16)13-19(17,18)8-3-2-6(11)4-7(8)12/h2-5,9,13-14H,1H3,(H,15,16). The molecule has 0 aliphatic carbocycles. The second-order valence-electron chi connectivity index (χ2n) is 3.75. The summed E-state index contributed by atoms with van der Waals surface area (Å²) in [6, 6.07) is 2.74. The Morgan fingerprint density at radius 3 is 2.37 bits per heavy atom. The Morgan fingerprint density at radius 1 is 1.37 bits per heavy atom. The van der Waals surface area contributed by atoms with Gasteiger partial charge in [-0.3, -0.25) is 4.79 Å². The molecule has 9 heteroatoms. The van der Waals surface area contributed by atoms with Crippen molar-refractivity contribution in [1.82, 2.24) is 4.72 Å². The zero-order valence-electron chi connectivity index (χ0n) is 9.67. The van der Waals surface area contributed by atoms with E-state index < -0.39 is 28.1 Å². The lowest BCUT2D eigenvalue weighted by Crippen LogP contribution is -2.47. The monoisotopic (exact) mass is 415 g/mol. The van der Waals surface area contributed by atoms with Gasteiger partial charge in [0.25, 0.3) is 0 Å². The molecule has 1 aromatic rings. The summed E-state index contributed by atoms with van der Waals surface area (Å²) in [6.45, 7) is 1.19. The van der Waals surface area contributed by atoms with Crippen molar-refractivity contribution in [2.45, 2.75) is 24.0 Å². The number of carboxylic acids is 1. The van der Waals surface area contributed by atoms with Crippen molar-refractivity contribution < 1.29 is 23.4 Å². The quantitative estimate of drug-likeness (QED) is 0.671. The lowest BCUT2D eigenvalue weighted by atomic mass is 10.2. The van der Waals surface area contributed by atoms with E-state index >= 15 is 0 Å². The Hall–Kier alpha value is -0.480. The molecular weight excluding hydrogens is 406 g/mol. The number of carboxylic acid groups (broad SMARTS) is 1. The van der Waals surface area contributed by atoms with Crippen molar-refractivity contribution in [3.63, 3.8) is 0 Å². The smallest absolute Gasteiger partial charge is 0.324 e. The van der Waals surface area contributed by atoms with Gasteiger partial charge in [-0.25, -0.2) is 8.42 Å². The molecule has 0 bridgehead atoms. The molecule has 106 valence electrons. The molecule has 0 saturated carbocycles. The van der Waals surface area contributed by atoms with Crippen LogP contribution in [0.5, 0.6) is 0 Å². The minimum absolute atomic E-state index is 0.109. The lowest BCUT2D eigenvalue weighted by molar-refractivity contribution is -0.141. The van der Waals surface area contributed by atoms with Crippen LogP contribution < -0.4 is 4.72 Å². The topological polar surface area (TPSA) is 104 Å². The lowest BCUT2D eigenvalue weighted by Gasteiger charge is -2.17. The molecule has 0 aliphatic rings. The van der Waals surface area contributed by atoms with Crippen LogP contribution in [0.25, 0.3) is 0 Å². The molecule has 0 fully saturated rings. The SMILES string of the molecule is CC(O)C(NS(=O)(=O)c1ccc(Br)cc1Br)C(=O)O. The first-order chi connectivity index (χ1) is 8.65. The Kier molecular flexibility index (Phi) is 5.51. The second kappa shape index (κ2) is 6.31. The van der Waals surface area contributed by atoms with E-state index in [2.05, 4.69) is 31.9 Å². The van der Waals surface area contributed by atoms with Crippen molar-refractivity contribution in [2.75, 3.05) is 0 Å². The van der Waals surface area contributed by atoms with Crippen LogP contribution in [-0.2, 0) is 14.8 Å². The first-order valence-electron chi connectivity index (χ1n) is 5.03. The second-order valence-corrected chi connectivity index (χ2v) is 7.20. The van der Waals surface area contributed by atoms with Crippen molar-refractivity contribution in [3.8, 4) is 0 Å². The van der Waals surface area contributed by atoms with Crippen LogP contribution in [0, 0.1) is 0 Å². The Morgan fingerprint density at radius 2 is 1.95 bits per heavy atom. The Labute approximate surface area is 127 Å². The van der Waals surface area contributed by atoms with E-state index in [1.807, 2.05) is 4.72 Å². The average Bonchev–Trinajstić information content (AvgIpc) is 2.24. The molecule has 2 unspecified atom stereocenters. The minimum Gasteiger partial charge on any atom is -0.480 e. The van der Waals surface area contributed by atoms with Crippen LogP contribution in [-0.4, -0.2) is 36.7 Å². The van der Waals surface area contributed by atoms with Crippen LogP contribution in [0.1, 0.15) is 6.92 Å². The van der Waals surface area contributed by atoms with E-state index in [0.717, 1.165) is 0 Å². The number of halogens is 2. The highest BCUT2D eigenvalue weighted by Crippen LogP contribution is 2.25. The molecule has 1 aromatic carbocycles. The number of nitrogens with one attached hydrogen (secondary N) is 1. The van der Waals surface area contributed by atoms with Gasteiger partial charge in [0, 0.05) is 8.95 Å². The minimum atomic E-state index is -4.06. The first kappa shape index (κ1) is 16.6. The number of aliphatic hydroxyl groups excluding tert-OH is 1. The molecule has 0 heterocycles. The summed E-state index contributed by atoms with van der Waals surface area (Å²) in [5.74, 6) is -1.45. The predicted octanol–water partition coefficient (Wildman–Crippen LogP) is 1.32. The number of carbonyl (C=O) groups is 1. The van der Waals surface area contributed by atoms with E-state index in [1.54, 1.807) is 0 Å². The van der Waals surface area contributed by atoms with Gasteiger partial charge in [0.15, 0.2) is 0 Å². The predicted molar refractivity (Wildman–Crippen MR) is 75.3 cm³/mol. The number of rotatable bonds is 5. The molecule has 0 saturated heterocycles. The summed E-state index contributed by atoms with van der Waals surface area (Å²) in [5.41, 5.74) is 0. The molecule has 0 aromatic heterocycles. The molecule has 3 N–H and O–H groups in total. The van der Waals surface area contributed by atoms with Gasteiger partial charge in [-0.2, -0.15) is 4.72 Å². The van der Waals surface area contributed by atoms with Gasteiger partial charge in [0.2, 0.25) is 10.0 Å². The van der Waals surface area contributed by atoms with E-state index in [0.29, 0.717) is 4.47 Å². The van der Waals surface area contributed by atoms with Crippen molar-refractivity contribution in [1.29, 1.82) is 0 Å². The third-order valence-electron chi connectivity index (χ3n) is 2.21. The third-order valence-corrected chi connectivity index (χ3v) is 5.13. The molecule has 0 amide bonds. The summed E-state index contributed by atoms with van der Waals surface area (Å²) in [7, 11) is -4.06. The molecule has 2 atom stereocenters. The van der Waals surface area contributed by atoms with E-state index in [9.17, 15) is 18.3 Å². The number of aliphatic carboxylic acids is 1. The first-order valence-corrected chi connectivity index (χ1v) is 8.10. The van der Waals surface area contributed by atoms with Gasteiger partial charge >= 0.3 is 5.97 Å². The van der Waals surface area contributed by atoms with E-state index in [1.165, 1.54) is 25.1 Å². The van der Waals surface area contributed by atoms with Gasteiger partial charge in [-0.05, 0) is 41.1 Å². The Balaban J connectivity index is 3.14. The number of aliphatic hydroxyl groups is 1. The summed E-state index contributed by atoms with van der Waals surface area (Å²) >= 11 is 6.27. The van der Waals surface area contributed by atoms with Crippen LogP contribution in [0.15, 0.2) is 32.0 Å². The maximum atomic E-state index is 12.1. The molecule has 0 spiro atoms. The van der Waals surface area contributed by atoms with Gasteiger partial charge in [-0.15, -0.1) is 0 Å². The van der Waals surface area contributed by atoms with Crippen LogP contribution in [0.4, 0.5) is 0 Å². The Bertz CT molecular complexity index is 588. The maximum Gasteiger partial charge on any atom is 0.324 e. The molecule has 0 aliphatic heterocycles. The highest BCUT2D eigenvalue weighted by atomic mass is 79.9. The zero-order valence-corrected chi connectivity index (χ0v) is 13.7. The van der Waals surface area contributed by atoms with Gasteiger partial charge in [0.1, 0.15) is 6.04 Å². The maximum absolute atomic E-state index is 12.1. The highest BCUT2D eigenvalue weighted by molar-refractivity contribution is 9.11. The van der Waals surface area contributed by atoms with E-state index in [4.69, 9.17) is 5.11 Å². The molecule has 6 nitrogen and oxygen atoms in total. The fourth-order valence-corrected chi connectivity index (χ4v) is 4.29.